The van der Waals surface area contributed by atoms with Gasteiger partial charge >= 0.3 is 103 Å². The molecule has 0 unspecified atom stereocenters. The van der Waals surface area contributed by atoms with Crippen molar-refractivity contribution in [1.82, 2.24) is 0 Å². The average molecular weight is 318 g/mol. The van der Waals surface area contributed by atoms with Crippen molar-refractivity contribution in [1.29, 1.82) is 0 Å². The number of hydrogen-bond donors (Lipinski definition) is 2. The largest absolute Gasteiger partial charge is 1.00 e. The minimum atomic E-state index is -4.46. The topological polar surface area (TPSA) is 109 Å². The van der Waals surface area contributed by atoms with E-state index in [0.717, 1.165) is 18.2 Å². The van der Waals surface area contributed by atoms with Crippen molar-refractivity contribution in [3.8, 4) is 0 Å². The second-order valence-electron chi connectivity index (χ2n) is 2.42. The minimum Gasteiger partial charge on any atom is -1.00 e. The maximum atomic E-state index is 10.6. The van der Waals surface area contributed by atoms with E-state index in [-0.39, 0.29) is 106 Å². The van der Waals surface area contributed by atoms with Gasteiger partial charge in [-0.2, -0.15) is 16.8 Å². The van der Waals surface area contributed by atoms with E-state index in [1.165, 1.54) is 0 Å². The van der Waals surface area contributed by atoms with Gasteiger partial charge in [-0.05, 0) is 18.2 Å². The molecule has 0 fully saturated rings. The summed E-state index contributed by atoms with van der Waals surface area (Å²) in [5.41, 5.74) is 0. The first-order valence-electron chi connectivity index (χ1n) is 3.26. The van der Waals surface area contributed by atoms with Crippen molar-refractivity contribution in [2.45, 2.75) is 9.79 Å². The van der Waals surface area contributed by atoms with E-state index in [9.17, 15) is 16.8 Å². The molecule has 1 rings (SSSR count). The normalized spacial score (nSPS) is 11.1. The molecule has 0 aliphatic heterocycles. The van der Waals surface area contributed by atoms with Crippen LogP contribution in [0.2, 0.25) is 0 Å². The molecule has 0 heterocycles. The van der Waals surface area contributed by atoms with Crippen LogP contribution in [0.3, 0.4) is 0 Å². The summed E-state index contributed by atoms with van der Waals surface area (Å²) >= 11 is 0. The molecule has 16 heavy (non-hydrogen) atoms. The zero-order valence-electron chi connectivity index (χ0n) is 10.7. The zero-order chi connectivity index (χ0) is 11.0. The summed E-state index contributed by atoms with van der Waals surface area (Å²) in [5.74, 6) is 0. The molecule has 0 aliphatic rings. The van der Waals surface area contributed by atoms with Gasteiger partial charge in [-0.1, -0.05) is 6.07 Å². The number of hydrogen-bond acceptors (Lipinski definition) is 4. The second kappa shape index (κ2) is 7.79. The Labute approximate surface area is 182 Å². The second-order valence-corrected chi connectivity index (χ2v) is 5.27. The molecular weight excluding hydrogens is 310 g/mol. The van der Waals surface area contributed by atoms with Gasteiger partial charge in [-0.3, -0.25) is 9.11 Å². The van der Waals surface area contributed by atoms with E-state index < -0.39 is 30.0 Å². The van der Waals surface area contributed by atoms with Gasteiger partial charge in [-0.25, -0.2) is 0 Å². The molecule has 0 aromatic heterocycles. The first-order valence-corrected chi connectivity index (χ1v) is 6.14. The fourth-order valence-corrected chi connectivity index (χ4v) is 1.92. The first kappa shape index (κ1) is 20.6. The maximum Gasteiger partial charge on any atom is 1.00 e. The van der Waals surface area contributed by atoms with Crippen LogP contribution in [0.4, 0.5) is 0 Å². The quantitative estimate of drug-likeness (QED) is 0.416. The monoisotopic (exact) mass is 318 g/mol. The molecule has 0 amide bonds. The molecular formula is C6H8K2O6S2. The van der Waals surface area contributed by atoms with Crippen LogP contribution in [0.1, 0.15) is 2.85 Å². The van der Waals surface area contributed by atoms with Gasteiger partial charge in [0.2, 0.25) is 0 Å². The first-order chi connectivity index (χ1) is 6.21. The van der Waals surface area contributed by atoms with Crippen LogP contribution in [-0.2, 0) is 20.2 Å². The number of benzene rings is 1. The van der Waals surface area contributed by atoms with Gasteiger partial charge in [-0.15, -0.1) is 0 Å². The van der Waals surface area contributed by atoms with Crippen LogP contribution in [-0.4, -0.2) is 25.9 Å². The molecule has 0 spiro atoms. The predicted octanol–water partition coefficient (Wildman–Crippen LogP) is -5.59. The molecule has 6 nitrogen and oxygen atoms in total. The molecule has 0 saturated carbocycles. The van der Waals surface area contributed by atoms with E-state index in [1.54, 1.807) is 0 Å². The Bertz CT molecular complexity index is 512. The SMILES string of the molecule is O=S(=O)(O)c1cccc(S(=O)(=O)O)c1.[H-].[H-].[K+].[K+]. The molecule has 0 saturated heterocycles. The van der Waals surface area contributed by atoms with Crippen molar-refractivity contribution in [3.05, 3.63) is 24.3 Å². The average Bonchev–Trinajstić information content (AvgIpc) is 2.01. The molecule has 82 valence electrons. The Kier molecular flexibility index (Phi) is 10.0. The third kappa shape index (κ3) is 6.47. The van der Waals surface area contributed by atoms with Crippen LogP contribution in [0.15, 0.2) is 34.1 Å². The molecule has 1 aromatic carbocycles. The third-order valence-electron chi connectivity index (χ3n) is 1.40. The van der Waals surface area contributed by atoms with Gasteiger partial charge in [0.15, 0.2) is 0 Å². The molecule has 0 atom stereocenters. The van der Waals surface area contributed by atoms with Gasteiger partial charge in [0.25, 0.3) is 20.2 Å². The van der Waals surface area contributed by atoms with Crippen molar-refractivity contribution >= 4 is 20.2 Å². The summed E-state index contributed by atoms with van der Waals surface area (Å²) in [6.45, 7) is 0. The summed E-state index contributed by atoms with van der Waals surface area (Å²) in [6, 6.07) is 3.75. The van der Waals surface area contributed by atoms with E-state index in [1.807, 2.05) is 0 Å². The van der Waals surface area contributed by atoms with Crippen LogP contribution in [0.25, 0.3) is 0 Å². The Morgan fingerprint density at radius 2 is 1.19 bits per heavy atom. The van der Waals surface area contributed by atoms with E-state index in [2.05, 4.69) is 0 Å². The molecule has 2 N–H and O–H groups in total. The molecule has 0 aliphatic carbocycles. The van der Waals surface area contributed by atoms with Crippen molar-refractivity contribution in [2.24, 2.45) is 0 Å². The summed E-state index contributed by atoms with van der Waals surface area (Å²) in [5, 5.41) is 0. The van der Waals surface area contributed by atoms with E-state index in [0.29, 0.717) is 6.07 Å². The van der Waals surface area contributed by atoms with Crippen LogP contribution in [0, 0.1) is 0 Å². The Morgan fingerprint density at radius 3 is 1.44 bits per heavy atom. The fourth-order valence-electron chi connectivity index (χ4n) is 0.795. The molecule has 10 heteroatoms. The number of rotatable bonds is 2. The van der Waals surface area contributed by atoms with Gasteiger partial charge in [0, 0.05) is 0 Å². The Hall–Kier alpha value is 2.31. The summed E-state index contributed by atoms with van der Waals surface area (Å²) in [7, 11) is -8.92. The predicted molar refractivity (Wildman–Crippen MR) is 48.3 cm³/mol. The van der Waals surface area contributed by atoms with Crippen LogP contribution < -0.4 is 103 Å². The van der Waals surface area contributed by atoms with Crippen molar-refractivity contribution in [3.63, 3.8) is 0 Å². The minimum absolute atomic E-state index is 0. The van der Waals surface area contributed by atoms with Crippen molar-refractivity contribution < 1.29 is 132 Å². The fraction of sp³-hybridized carbons (Fsp3) is 0. The van der Waals surface area contributed by atoms with E-state index >= 15 is 0 Å². The van der Waals surface area contributed by atoms with E-state index in [4.69, 9.17) is 9.11 Å². The van der Waals surface area contributed by atoms with Crippen LogP contribution in [0.5, 0.6) is 0 Å². The van der Waals surface area contributed by atoms with Crippen LogP contribution >= 0.6 is 0 Å². The standard InChI is InChI=1S/C6H6O6S2.2K.2H/c7-13(8,9)5-2-1-3-6(4-5)14(10,11)12;;;;/h1-4H,(H,7,8,9)(H,10,11,12);;;;/q;2*+1;2*-1. The van der Waals surface area contributed by atoms with Gasteiger partial charge in [0.05, 0.1) is 9.79 Å². The van der Waals surface area contributed by atoms with Gasteiger partial charge in [0.1, 0.15) is 0 Å². The zero-order valence-corrected chi connectivity index (χ0v) is 16.5. The molecule has 1 aromatic rings. The Balaban J connectivity index is -0.000000245. The smallest absolute Gasteiger partial charge is 1.00 e. The molecule has 0 bridgehead atoms. The summed E-state index contributed by atoms with van der Waals surface area (Å²) in [4.78, 5) is -1.18. The summed E-state index contributed by atoms with van der Waals surface area (Å²) < 4.78 is 59.5. The van der Waals surface area contributed by atoms with Crippen molar-refractivity contribution in [2.75, 3.05) is 0 Å². The molecule has 0 radical (unpaired) electrons. The Morgan fingerprint density at radius 1 is 0.875 bits per heavy atom. The summed E-state index contributed by atoms with van der Waals surface area (Å²) in [6.07, 6.45) is 0. The van der Waals surface area contributed by atoms with Gasteiger partial charge < -0.3 is 2.85 Å². The third-order valence-corrected chi connectivity index (χ3v) is 3.10. The maximum absolute atomic E-state index is 10.6.